The lowest BCUT2D eigenvalue weighted by atomic mass is 10.1. The Hall–Kier alpha value is -3.84. The third-order valence-electron chi connectivity index (χ3n) is 4.10. The molecule has 6 nitrogen and oxygen atoms in total. The predicted molar refractivity (Wildman–Crippen MR) is 109 cm³/mol. The van der Waals surface area contributed by atoms with Gasteiger partial charge in [0.2, 0.25) is 5.78 Å². The highest BCUT2D eigenvalue weighted by Crippen LogP contribution is 2.42. The highest BCUT2D eigenvalue weighted by Gasteiger charge is 2.23. The molecular weight excluding hydrogens is 392 g/mol. The molecule has 29 heavy (non-hydrogen) atoms. The number of aliphatic carboxylic acids is 1. The van der Waals surface area contributed by atoms with Crippen molar-refractivity contribution in [3.05, 3.63) is 83.1 Å². The van der Waals surface area contributed by atoms with Crippen molar-refractivity contribution in [3.8, 4) is 17.2 Å². The van der Waals surface area contributed by atoms with Crippen molar-refractivity contribution in [1.82, 2.24) is 0 Å². The fraction of sp³-hybridized carbons (Fsp3) is 0. The second-order valence-corrected chi connectivity index (χ2v) is 7.14. The van der Waals surface area contributed by atoms with Crippen molar-refractivity contribution in [1.29, 1.82) is 0 Å². The van der Waals surface area contributed by atoms with E-state index in [0.29, 0.717) is 32.0 Å². The molecule has 7 heteroatoms. The molecule has 0 amide bonds. The fourth-order valence-electron chi connectivity index (χ4n) is 2.76. The number of aromatic hydroxyl groups is 1. The Balaban J connectivity index is 1.73. The molecule has 4 aromatic rings. The molecule has 4 rings (SSSR count). The first-order valence-corrected chi connectivity index (χ1v) is 9.35. The van der Waals surface area contributed by atoms with Crippen LogP contribution in [0.5, 0.6) is 17.2 Å². The number of furan rings is 1. The average Bonchev–Trinajstić information content (AvgIpc) is 3.35. The first kappa shape index (κ1) is 18.5. The van der Waals surface area contributed by atoms with Crippen LogP contribution in [0.2, 0.25) is 0 Å². The Bertz CT molecular complexity index is 1220. The van der Waals surface area contributed by atoms with Gasteiger partial charge in [0.05, 0.1) is 6.26 Å². The van der Waals surface area contributed by atoms with E-state index in [1.165, 1.54) is 29.7 Å². The van der Waals surface area contributed by atoms with Gasteiger partial charge in [-0.1, -0.05) is 12.1 Å². The summed E-state index contributed by atoms with van der Waals surface area (Å²) in [5.74, 6) is -0.193. The summed E-state index contributed by atoms with van der Waals surface area (Å²) >= 11 is 1.21. The molecule has 0 aliphatic heterocycles. The molecule has 0 fully saturated rings. The van der Waals surface area contributed by atoms with E-state index < -0.39 is 5.97 Å². The summed E-state index contributed by atoms with van der Waals surface area (Å²) in [7, 11) is 0. The molecule has 0 spiro atoms. The van der Waals surface area contributed by atoms with Gasteiger partial charge >= 0.3 is 5.97 Å². The van der Waals surface area contributed by atoms with Crippen molar-refractivity contribution >= 4 is 39.3 Å². The van der Waals surface area contributed by atoms with Crippen molar-refractivity contribution in [3.63, 3.8) is 0 Å². The third-order valence-corrected chi connectivity index (χ3v) is 5.23. The standard InChI is InChI=1S/C22H14O6S/c23-14-6-9-16-18(12-14)29-22(20(26)17-2-1-11-27-17)21(16)28-15-7-3-13(4-8-15)5-10-19(24)25/h1-12,23H,(H,24,25)/b10-5+. The van der Waals surface area contributed by atoms with Crippen LogP contribution in [0, 0.1) is 0 Å². The van der Waals surface area contributed by atoms with Crippen molar-refractivity contribution < 1.29 is 29.0 Å². The Morgan fingerprint density at radius 2 is 1.86 bits per heavy atom. The molecule has 2 heterocycles. The van der Waals surface area contributed by atoms with Gasteiger partial charge < -0.3 is 19.4 Å². The number of hydrogen-bond acceptors (Lipinski definition) is 6. The second kappa shape index (κ2) is 7.65. The van der Waals surface area contributed by atoms with Gasteiger partial charge in [-0.3, -0.25) is 4.79 Å². The number of benzene rings is 2. The molecule has 0 unspecified atom stereocenters. The molecule has 0 saturated carbocycles. The minimum absolute atomic E-state index is 0.0943. The number of ether oxygens (including phenoxy) is 1. The maximum absolute atomic E-state index is 12.9. The molecular formula is C22H14O6S. The smallest absolute Gasteiger partial charge is 0.328 e. The van der Waals surface area contributed by atoms with Crippen LogP contribution in [0.15, 0.2) is 71.4 Å². The summed E-state index contributed by atoms with van der Waals surface area (Å²) in [6.07, 6.45) is 3.95. The van der Waals surface area contributed by atoms with Gasteiger partial charge in [0.25, 0.3) is 0 Å². The van der Waals surface area contributed by atoms with Gasteiger partial charge in [-0.25, -0.2) is 4.79 Å². The van der Waals surface area contributed by atoms with Gasteiger partial charge in [-0.05, 0) is 54.1 Å². The highest BCUT2D eigenvalue weighted by atomic mass is 32.1. The van der Waals surface area contributed by atoms with Gasteiger partial charge in [0.1, 0.15) is 16.4 Å². The SMILES string of the molecule is O=C(O)/C=C/c1ccc(Oc2c(C(=O)c3ccco3)sc3cc(O)ccc23)cc1. The summed E-state index contributed by atoms with van der Waals surface area (Å²) in [5, 5.41) is 19.2. The van der Waals surface area contributed by atoms with Gasteiger partial charge in [0.15, 0.2) is 11.5 Å². The Morgan fingerprint density at radius 3 is 2.55 bits per heavy atom. The maximum Gasteiger partial charge on any atom is 0.328 e. The van der Waals surface area contributed by atoms with Crippen LogP contribution in [0.4, 0.5) is 0 Å². The van der Waals surface area contributed by atoms with Gasteiger partial charge in [0, 0.05) is 16.2 Å². The number of carbonyl (C=O) groups excluding carboxylic acids is 1. The minimum atomic E-state index is -1.03. The molecule has 2 aromatic carbocycles. The molecule has 0 atom stereocenters. The van der Waals surface area contributed by atoms with Crippen LogP contribution < -0.4 is 4.74 Å². The topological polar surface area (TPSA) is 97.0 Å². The number of rotatable bonds is 6. The largest absolute Gasteiger partial charge is 0.508 e. The van der Waals surface area contributed by atoms with Gasteiger partial charge in [-0.15, -0.1) is 11.3 Å². The number of ketones is 1. The number of fused-ring (bicyclic) bond motifs is 1. The van der Waals surface area contributed by atoms with Crippen LogP contribution in [0.3, 0.4) is 0 Å². The number of carboxylic acid groups (broad SMARTS) is 1. The maximum atomic E-state index is 12.9. The Morgan fingerprint density at radius 1 is 1.07 bits per heavy atom. The number of carboxylic acids is 1. The second-order valence-electron chi connectivity index (χ2n) is 6.09. The summed E-state index contributed by atoms with van der Waals surface area (Å²) in [5.41, 5.74) is 0.701. The lowest BCUT2D eigenvalue weighted by Gasteiger charge is -2.07. The number of hydrogen-bond donors (Lipinski definition) is 2. The summed E-state index contributed by atoms with van der Waals surface area (Å²) < 4.78 is 12.0. The molecule has 0 bridgehead atoms. The zero-order valence-corrected chi connectivity index (χ0v) is 15.7. The number of thiophene rings is 1. The molecule has 0 aliphatic carbocycles. The van der Waals surface area contributed by atoms with E-state index in [4.69, 9.17) is 14.3 Å². The normalized spacial score (nSPS) is 11.2. The lowest BCUT2D eigenvalue weighted by Crippen LogP contribution is -1.99. The van der Waals surface area contributed by atoms with E-state index in [0.717, 1.165) is 6.08 Å². The molecule has 0 saturated heterocycles. The number of phenolic OH excluding ortho intramolecular Hbond substituents is 1. The van der Waals surface area contributed by atoms with Crippen molar-refractivity contribution in [2.24, 2.45) is 0 Å². The van der Waals surface area contributed by atoms with Crippen LogP contribution >= 0.6 is 11.3 Å². The zero-order valence-electron chi connectivity index (χ0n) is 14.9. The minimum Gasteiger partial charge on any atom is -0.508 e. The fourth-order valence-corrected chi connectivity index (χ4v) is 3.87. The first-order chi connectivity index (χ1) is 14.0. The van der Waals surface area contributed by atoms with E-state index in [1.54, 1.807) is 48.5 Å². The van der Waals surface area contributed by atoms with E-state index in [9.17, 15) is 14.7 Å². The zero-order chi connectivity index (χ0) is 20.4. The van der Waals surface area contributed by atoms with E-state index in [2.05, 4.69) is 0 Å². The van der Waals surface area contributed by atoms with Gasteiger partial charge in [-0.2, -0.15) is 0 Å². The first-order valence-electron chi connectivity index (χ1n) is 8.54. The van der Waals surface area contributed by atoms with E-state index in [1.807, 2.05) is 0 Å². The highest BCUT2D eigenvalue weighted by molar-refractivity contribution is 7.21. The summed E-state index contributed by atoms with van der Waals surface area (Å²) in [6.45, 7) is 0. The monoisotopic (exact) mass is 406 g/mol. The van der Waals surface area contributed by atoms with Crippen molar-refractivity contribution in [2.45, 2.75) is 0 Å². The van der Waals surface area contributed by atoms with Crippen LogP contribution in [-0.4, -0.2) is 22.0 Å². The van der Waals surface area contributed by atoms with Crippen LogP contribution in [-0.2, 0) is 4.79 Å². The lowest BCUT2D eigenvalue weighted by molar-refractivity contribution is -0.131. The average molecular weight is 406 g/mol. The molecule has 0 aliphatic rings. The predicted octanol–water partition coefficient (Wildman–Crippen LogP) is 5.32. The molecule has 144 valence electrons. The van der Waals surface area contributed by atoms with E-state index in [-0.39, 0.29) is 17.3 Å². The van der Waals surface area contributed by atoms with Crippen LogP contribution in [0.25, 0.3) is 16.2 Å². The van der Waals surface area contributed by atoms with Crippen molar-refractivity contribution in [2.75, 3.05) is 0 Å². The van der Waals surface area contributed by atoms with E-state index >= 15 is 0 Å². The van der Waals surface area contributed by atoms with Crippen LogP contribution in [0.1, 0.15) is 21.0 Å². The molecule has 2 N–H and O–H groups in total. The molecule has 0 radical (unpaired) electrons. The quantitative estimate of drug-likeness (QED) is 0.332. The summed E-state index contributed by atoms with van der Waals surface area (Å²) in [4.78, 5) is 23.9. The number of carbonyl (C=O) groups is 2. The molecule has 2 aromatic heterocycles. The number of phenols is 1. The Kier molecular flexibility index (Phi) is 4.88. The Labute approximate surface area is 168 Å². The third kappa shape index (κ3) is 3.90. The summed E-state index contributed by atoms with van der Waals surface area (Å²) in [6, 6.07) is 14.8.